The Morgan fingerprint density at radius 1 is 0.971 bits per heavy atom. The fourth-order valence-corrected chi connectivity index (χ4v) is 4.41. The fourth-order valence-electron chi connectivity index (χ4n) is 4.41. The first-order valence-electron chi connectivity index (χ1n) is 11.9. The molecule has 0 spiro atoms. The van der Waals surface area contributed by atoms with Gasteiger partial charge in [0.2, 0.25) is 5.91 Å². The summed E-state index contributed by atoms with van der Waals surface area (Å²) in [4.78, 5) is 36.9. The SMILES string of the molecule is COCCCC(NC(=O)OCC1c2ccccc2-c2ccccc21)C(=O)NC(CC(=O)O)C(C)C. The van der Waals surface area contributed by atoms with Gasteiger partial charge in [-0.1, -0.05) is 62.4 Å². The summed E-state index contributed by atoms with van der Waals surface area (Å²) in [5.41, 5.74) is 4.47. The smallest absolute Gasteiger partial charge is 0.407 e. The van der Waals surface area contributed by atoms with Crippen molar-refractivity contribution in [2.24, 2.45) is 5.92 Å². The summed E-state index contributed by atoms with van der Waals surface area (Å²) >= 11 is 0. The molecule has 0 saturated carbocycles. The monoisotopic (exact) mass is 482 g/mol. The molecular weight excluding hydrogens is 448 g/mol. The first-order chi connectivity index (χ1) is 16.8. The molecule has 0 radical (unpaired) electrons. The van der Waals surface area contributed by atoms with Crippen molar-refractivity contribution in [3.63, 3.8) is 0 Å². The second kappa shape index (κ2) is 12.4. The van der Waals surface area contributed by atoms with E-state index in [2.05, 4.69) is 22.8 Å². The number of carboxylic acid groups (broad SMARTS) is 1. The number of ether oxygens (including phenoxy) is 2. The van der Waals surface area contributed by atoms with Crippen LogP contribution in [0.4, 0.5) is 4.79 Å². The molecule has 0 bridgehead atoms. The van der Waals surface area contributed by atoms with Gasteiger partial charge in [-0.3, -0.25) is 9.59 Å². The summed E-state index contributed by atoms with van der Waals surface area (Å²) in [6, 6.07) is 14.7. The number of carbonyl (C=O) groups is 3. The normalized spacial score (nSPS) is 14.1. The highest BCUT2D eigenvalue weighted by molar-refractivity contribution is 5.86. The van der Waals surface area contributed by atoms with Gasteiger partial charge in [0.25, 0.3) is 0 Å². The van der Waals surface area contributed by atoms with E-state index in [1.54, 1.807) is 7.11 Å². The van der Waals surface area contributed by atoms with Crippen molar-refractivity contribution in [3.05, 3.63) is 59.7 Å². The van der Waals surface area contributed by atoms with Gasteiger partial charge in [-0.05, 0) is 41.0 Å². The molecule has 2 atom stereocenters. The summed E-state index contributed by atoms with van der Waals surface area (Å²) in [7, 11) is 1.57. The largest absolute Gasteiger partial charge is 0.481 e. The molecule has 2 aromatic carbocycles. The lowest BCUT2D eigenvalue weighted by Gasteiger charge is -2.25. The van der Waals surface area contributed by atoms with Crippen LogP contribution in [0.15, 0.2) is 48.5 Å². The van der Waals surface area contributed by atoms with Crippen molar-refractivity contribution in [1.82, 2.24) is 10.6 Å². The number of benzene rings is 2. The highest BCUT2D eigenvalue weighted by Crippen LogP contribution is 2.44. The van der Waals surface area contributed by atoms with E-state index in [4.69, 9.17) is 14.6 Å². The number of alkyl carbamates (subject to hydrolysis) is 1. The summed E-state index contributed by atoms with van der Waals surface area (Å²) in [6.07, 6.45) is -0.00603. The maximum atomic E-state index is 12.9. The molecular formula is C27H34N2O6. The molecule has 2 aromatic rings. The highest BCUT2D eigenvalue weighted by Gasteiger charge is 2.30. The number of fused-ring (bicyclic) bond motifs is 3. The van der Waals surface area contributed by atoms with E-state index in [1.165, 1.54) is 0 Å². The number of carbonyl (C=O) groups excluding carboxylic acids is 2. The first kappa shape index (κ1) is 26.2. The van der Waals surface area contributed by atoms with Crippen LogP contribution in [0.1, 0.15) is 50.2 Å². The van der Waals surface area contributed by atoms with Crippen LogP contribution in [0.2, 0.25) is 0 Å². The third-order valence-electron chi connectivity index (χ3n) is 6.32. The molecule has 1 aliphatic carbocycles. The van der Waals surface area contributed by atoms with E-state index in [0.717, 1.165) is 22.3 Å². The van der Waals surface area contributed by atoms with E-state index >= 15 is 0 Å². The summed E-state index contributed by atoms with van der Waals surface area (Å²) in [5.74, 6) is -1.60. The van der Waals surface area contributed by atoms with Gasteiger partial charge in [-0.15, -0.1) is 0 Å². The summed E-state index contributed by atoms with van der Waals surface area (Å²) in [5, 5.41) is 14.6. The Bertz CT molecular complexity index is 992. The first-order valence-corrected chi connectivity index (χ1v) is 11.9. The second-order valence-corrected chi connectivity index (χ2v) is 9.11. The molecule has 2 amide bonds. The Kier molecular flexibility index (Phi) is 9.25. The van der Waals surface area contributed by atoms with E-state index in [1.807, 2.05) is 50.2 Å². The van der Waals surface area contributed by atoms with Crippen LogP contribution in [0.25, 0.3) is 11.1 Å². The number of hydrogen-bond donors (Lipinski definition) is 3. The molecule has 0 fully saturated rings. The van der Waals surface area contributed by atoms with Crippen molar-refractivity contribution >= 4 is 18.0 Å². The van der Waals surface area contributed by atoms with Crippen LogP contribution in [0, 0.1) is 5.92 Å². The lowest BCUT2D eigenvalue weighted by Crippen LogP contribution is -2.51. The number of amides is 2. The average Bonchev–Trinajstić information content (AvgIpc) is 3.15. The van der Waals surface area contributed by atoms with E-state index < -0.39 is 30.1 Å². The third kappa shape index (κ3) is 6.82. The number of hydrogen-bond acceptors (Lipinski definition) is 5. The predicted molar refractivity (Wildman–Crippen MR) is 132 cm³/mol. The molecule has 188 valence electrons. The molecule has 0 heterocycles. The zero-order chi connectivity index (χ0) is 25.4. The van der Waals surface area contributed by atoms with Crippen molar-refractivity contribution < 1.29 is 29.0 Å². The zero-order valence-electron chi connectivity index (χ0n) is 20.5. The van der Waals surface area contributed by atoms with Crippen LogP contribution < -0.4 is 10.6 Å². The fraction of sp³-hybridized carbons (Fsp3) is 0.444. The molecule has 3 N–H and O–H groups in total. The van der Waals surface area contributed by atoms with Gasteiger partial charge in [0, 0.05) is 25.7 Å². The van der Waals surface area contributed by atoms with Crippen molar-refractivity contribution in [2.45, 2.75) is 51.1 Å². The van der Waals surface area contributed by atoms with Crippen LogP contribution in [-0.2, 0) is 19.1 Å². The lowest BCUT2D eigenvalue weighted by molar-refractivity contribution is -0.138. The summed E-state index contributed by atoms with van der Waals surface area (Å²) < 4.78 is 10.7. The van der Waals surface area contributed by atoms with Crippen LogP contribution >= 0.6 is 0 Å². The van der Waals surface area contributed by atoms with Gasteiger partial charge in [0.15, 0.2) is 0 Å². The standard InChI is InChI=1S/C27H34N2O6/c1-17(2)24(15-25(30)31)28-26(32)23(13-8-14-34-3)29-27(33)35-16-22-20-11-6-4-9-18(20)19-10-5-7-12-21(19)22/h4-7,9-12,17,22-24H,8,13-16H2,1-3H3,(H,28,32)(H,29,33)(H,30,31). The Morgan fingerprint density at radius 2 is 1.57 bits per heavy atom. The van der Waals surface area contributed by atoms with Crippen molar-refractivity contribution in [2.75, 3.05) is 20.3 Å². The Morgan fingerprint density at radius 3 is 2.11 bits per heavy atom. The Balaban J connectivity index is 1.65. The van der Waals surface area contributed by atoms with Gasteiger partial charge >= 0.3 is 12.1 Å². The predicted octanol–water partition coefficient (Wildman–Crippen LogP) is 3.94. The molecule has 2 unspecified atom stereocenters. The minimum atomic E-state index is -0.996. The van der Waals surface area contributed by atoms with Gasteiger partial charge in [0.05, 0.1) is 6.42 Å². The van der Waals surface area contributed by atoms with Gasteiger partial charge in [-0.25, -0.2) is 4.79 Å². The molecule has 8 heteroatoms. The van der Waals surface area contributed by atoms with Crippen LogP contribution in [-0.4, -0.2) is 55.5 Å². The van der Waals surface area contributed by atoms with Gasteiger partial charge in [0.1, 0.15) is 12.6 Å². The maximum absolute atomic E-state index is 12.9. The average molecular weight is 483 g/mol. The van der Waals surface area contributed by atoms with Crippen molar-refractivity contribution in [1.29, 1.82) is 0 Å². The van der Waals surface area contributed by atoms with E-state index in [0.29, 0.717) is 19.4 Å². The van der Waals surface area contributed by atoms with Crippen LogP contribution in [0.5, 0.6) is 0 Å². The van der Waals surface area contributed by atoms with E-state index in [-0.39, 0.29) is 24.9 Å². The summed E-state index contributed by atoms with van der Waals surface area (Å²) in [6.45, 7) is 4.25. The van der Waals surface area contributed by atoms with Gasteiger partial charge in [-0.2, -0.15) is 0 Å². The third-order valence-corrected chi connectivity index (χ3v) is 6.32. The minimum absolute atomic E-state index is 0.0795. The molecule has 8 nitrogen and oxygen atoms in total. The van der Waals surface area contributed by atoms with Crippen LogP contribution in [0.3, 0.4) is 0 Å². The topological polar surface area (TPSA) is 114 Å². The quantitative estimate of drug-likeness (QED) is 0.395. The molecule has 3 rings (SSSR count). The molecule has 0 aromatic heterocycles. The molecule has 35 heavy (non-hydrogen) atoms. The highest BCUT2D eigenvalue weighted by atomic mass is 16.5. The Hall–Kier alpha value is -3.39. The molecule has 0 saturated heterocycles. The maximum Gasteiger partial charge on any atom is 0.407 e. The number of aliphatic carboxylic acids is 1. The number of nitrogens with one attached hydrogen (secondary N) is 2. The minimum Gasteiger partial charge on any atom is -0.481 e. The number of rotatable bonds is 12. The Labute approximate surface area is 206 Å². The zero-order valence-corrected chi connectivity index (χ0v) is 20.5. The number of methoxy groups -OCH3 is 1. The molecule has 1 aliphatic rings. The lowest BCUT2D eigenvalue weighted by atomic mass is 9.98. The van der Waals surface area contributed by atoms with Crippen molar-refractivity contribution in [3.8, 4) is 11.1 Å². The molecule has 0 aliphatic heterocycles. The second-order valence-electron chi connectivity index (χ2n) is 9.11. The number of carboxylic acids is 1. The van der Waals surface area contributed by atoms with Gasteiger partial charge < -0.3 is 25.2 Å². The van der Waals surface area contributed by atoms with E-state index in [9.17, 15) is 14.4 Å².